The minimum Gasteiger partial charge on any atom is -0.484 e. The van der Waals surface area contributed by atoms with Crippen molar-refractivity contribution in [3.8, 4) is 11.8 Å². The van der Waals surface area contributed by atoms with Gasteiger partial charge in [0.15, 0.2) is 6.61 Å². The van der Waals surface area contributed by atoms with Crippen molar-refractivity contribution in [2.24, 2.45) is 5.73 Å². The number of nitrogens with zero attached hydrogens (tertiary/aromatic N) is 1. The molecule has 1 aliphatic rings. The lowest BCUT2D eigenvalue weighted by atomic mass is 10.1. The van der Waals surface area contributed by atoms with Gasteiger partial charge in [0.1, 0.15) is 10.8 Å². The molecule has 2 aromatic rings. The highest BCUT2D eigenvalue weighted by atomic mass is 32.1. The lowest BCUT2D eigenvalue weighted by molar-refractivity contribution is -0.118. The van der Waals surface area contributed by atoms with E-state index in [9.17, 15) is 9.59 Å². The summed E-state index contributed by atoms with van der Waals surface area (Å²) < 4.78 is 5.39. The van der Waals surface area contributed by atoms with Crippen molar-refractivity contribution in [3.63, 3.8) is 0 Å². The van der Waals surface area contributed by atoms with E-state index in [-0.39, 0.29) is 12.5 Å². The third-order valence-electron chi connectivity index (χ3n) is 3.75. The van der Waals surface area contributed by atoms with Crippen molar-refractivity contribution in [3.05, 3.63) is 45.8 Å². The van der Waals surface area contributed by atoms with Crippen LogP contribution in [0.15, 0.2) is 24.3 Å². The van der Waals surface area contributed by atoms with Crippen molar-refractivity contribution < 1.29 is 14.3 Å². The fourth-order valence-corrected chi connectivity index (χ4v) is 4.03. The first-order valence-corrected chi connectivity index (χ1v) is 8.27. The van der Waals surface area contributed by atoms with Gasteiger partial charge in [-0.1, -0.05) is 6.07 Å². The molecular weight excluding hydrogens is 326 g/mol. The van der Waals surface area contributed by atoms with Gasteiger partial charge in [0.05, 0.1) is 17.2 Å². The number of carbonyl (C=O) groups excluding carboxylic acids is 2. The molecule has 0 fully saturated rings. The summed E-state index contributed by atoms with van der Waals surface area (Å²) in [5, 5.41) is 12.0. The molecule has 1 aromatic heterocycles. The normalized spacial score (nSPS) is 12.3. The van der Waals surface area contributed by atoms with Crippen LogP contribution < -0.4 is 15.8 Å². The zero-order chi connectivity index (χ0) is 17.1. The Morgan fingerprint density at radius 2 is 2.21 bits per heavy atom. The van der Waals surface area contributed by atoms with Crippen molar-refractivity contribution in [1.29, 1.82) is 5.26 Å². The van der Waals surface area contributed by atoms with Gasteiger partial charge >= 0.3 is 0 Å². The largest absolute Gasteiger partial charge is 0.484 e. The van der Waals surface area contributed by atoms with Gasteiger partial charge in [-0.15, -0.1) is 11.3 Å². The van der Waals surface area contributed by atoms with Crippen LogP contribution in [-0.4, -0.2) is 18.4 Å². The molecule has 0 saturated carbocycles. The minimum atomic E-state index is -0.521. The molecule has 0 radical (unpaired) electrons. The summed E-state index contributed by atoms with van der Waals surface area (Å²) >= 11 is 1.40. The Labute approximate surface area is 142 Å². The standard InChI is InChI=1S/C17H15N3O3S/c18-8-10-3-1-4-11(7-10)23-9-14(21)20-17-15(16(19)22)12-5-2-6-13(12)24-17/h1,3-4,7H,2,5-6,9H2,(H2,19,22)(H,20,21). The second-order valence-electron chi connectivity index (χ2n) is 5.40. The molecule has 6 nitrogen and oxygen atoms in total. The Kier molecular flexibility index (Phi) is 4.49. The molecule has 0 aliphatic heterocycles. The molecule has 0 bridgehead atoms. The number of carbonyl (C=O) groups is 2. The molecular formula is C17H15N3O3S. The van der Waals surface area contributed by atoms with Crippen LogP contribution in [0.5, 0.6) is 5.75 Å². The number of thiophene rings is 1. The average Bonchev–Trinajstić information content (AvgIpc) is 3.13. The van der Waals surface area contributed by atoms with Crippen LogP contribution in [0.4, 0.5) is 5.00 Å². The summed E-state index contributed by atoms with van der Waals surface area (Å²) in [6, 6.07) is 8.57. The number of hydrogen-bond donors (Lipinski definition) is 2. The van der Waals surface area contributed by atoms with Gasteiger partial charge in [0, 0.05) is 4.88 Å². The second kappa shape index (κ2) is 6.72. The number of benzene rings is 1. The molecule has 24 heavy (non-hydrogen) atoms. The van der Waals surface area contributed by atoms with Crippen LogP contribution in [0.3, 0.4) is 0 Å². The van der Waals surface area contributed by atoms with Crippen molar-refractivity contribution in [2.45, 2.75) is 19.3 Å². The Hall–Kier alpha value is -2.85. The van der Waals surface area contributed by atoms with Crippen molar-refractivity contribution in [2.75, 3.05) is 11.9 Å². The summed E-state index contributed by atoms with van der Waals surface area (Å²) in [5.74, 6) is -0.458. The van der Waals surface area contributed by atoms with E-state index < -0.39 is 5.91 Å². The van der Waals surface area contributed by atoms with Gasteiger partial charge < -0.3 is 15.8 Å². The molecule has 3 N–H and O–H groups in total. The molecule has 122 valence electrons. The summed E-state index contributed by atoms with van der Waals surface area (Å²) in [4.78, 5) is 24.9. The predicted octanol–water partition coefficient (Wildman–Crippen LogP) is 2.22. The van der Waals surface area contributed by atoms with Crippen LogP contribution in [0.1, 0.15) is 32.8 Å². The summed E-state index contributed by atoms with van der Waals surface area (Å²) in [6.45, 7) is -0.213. The van der Waals surface area contributed by atoms with Crippen molar-refractivity contribution >= 4 is 28.2 Å². The zero-order valence-corrected chi connectivity index (χ0v) is 13.6. The SMILES string of the molecule is N#Cc1cccc(OCC(=O)Nc2sc3c(c2C(N)=O)CCC3)c1. The number of nitrogens with two attached hydrogens (primary N) is 1. The maximum absolute atomic E-state index is 12.1. The highest BCUT2D eigenvalue weighted by molar-refractivity contribution is 7.17. The maximum Gasteiger partial charge on any atom is 0.262 e. The van der Waals surface area contributed by atoms with Gasteiger partial charge in [-0.2, -0.15) is 5.26 Å². The van der Waals surface area contributed by atoms with E-state index in [4.69, 9.17) is 15.7 Å². The fourth-order valence-electron chi connectivity index (χ4n) is 2.72. The Morgan fingerprint density at radius 1 is 1.38 bits per heavy atom. The van der Waals surface area contributed by atoms with E-state index in [1.165, 1.54) is 11.3 Å². The van der Waals surface area contributed by atoms with Gasteiger partial charge in [-0.05, 0) is 43.0 Å². The topological polar surface area (TPSA) is 105 Å². The lowest BCUT2D eigenvalue weighted by Gasteiger charge is -2.08. The molecule has 0 unspecified atom stereocenters. The van der Waals surface area contributed by atoms with Crippen molar-refractivity contribution in [1.82, 2.24) is 0 Å². The molecule has 0 spiro atoms. The minimum absolute atomic E-state index is 0.213. The van der Waals surface area contributed by atoms with E-state index in [2.05, 4.69) is 5.32 Å². The summed E-state index contributed by atoms with van der Waals surface area (Å²) in [7, 11) is 0. The van der Waals surface area contributed by atoms with Crippen LogP contribution in [0.2, 0.25) is 0 Å². The van der Waals surface area contributed by atoms with E-state index in [0.717, 1.165) is 29.7 Å². The zero-order valence-electron chi connectivity index (χ0n) is 12.8. The fraction of sp³-hybridized carbons (Fsp3) is 0.235. The quantitative estimate of drug-likeness (QED) is 0.870. The number of nitrogens with one attached hydrogen (secondary N) is 1. The highest BCUT2D eigenvalue weighted by Crippen LogP contribution is 2.38. The number of hydrogen-bond acceptors (Lipinski definition) is 5. The number of anilines is 1. The molecule has 0 saturated heterocycles. The molecule has 1 aliphatic carbocycles. The lowest BCUT2D eigenvalue weighted by Crippen LogP contribution is -2.22. The van der Waals surface area contributed by atoms with Crippen LogP contribution in [0, 0.1) is 11.3 Å². The smallest absolute Gasteiger partial charge is 0.262 e. The van der Waals surface area contributed by atoms with Crippen LogP contribution in [-0.2, 0) is 17.6 Å². The Balaban J connectivity index is 1.67. The predicted molar refractivity (Wildman–Crippen MR) is 90.1 cm³/mol. The van der Waals surface area contributed by atoms with E-state index >= 15 is 0 Å². The van der Waals surface area contributed by atoms with Crippen LogP contribution in [0.25, 0.3) is 0 Å². The number of primary amides is 1. The van der Waals surface area contributed by atoms with Gasteiger partial charge in [-0.3, -0.25) is 9.59 Å². The highest BCUT2D eigenvalue weighted by Gasteiger charge is 2.26. The Bertz CT molecular complexity index is 851. The van der Waals surface area contributed by atoms with E-state index in [1.54, 1.807) is 24.3 Å². The number of aryl methyl sites for hydroxylation is 1. The maximum atomic E-state index is 12.1. The Morgan fingerprint density at radius 3 is 2.96 bits per heavy atom. The second-order valence-corrected chi connectivity index (χ2v) is 6.51. The first-order chi connectivity index (χ1) is 11.6. The third kappa shape index (κ3) is 3.24. The number of ether oxygens (including phenoxy) is 1. The van der Waals surface area contributed by atoms with Crippen LogP contribution >= 0.6 is 11.3 Å². The molecule has 1 heterocycles. The van der Waals surface area contributed by atoms with Gasteiger partial charge in [-0.25, -0.2) is 0 Å². The average molecular weight is 341 g/mol. The van der Waals surface area contributed by atoms with Gasteiger partial charge in [0.25, 0.3) is 11.8 Å². The number of rotatable bonds is 5. The molecule has 0 atom stereocenters. The first kappa shape index (κ1) is 16.0. The van der Waals surface area contributed by atoms with E-state index in [1.807, 2.05) is 6.07 Å². The van der Waals surface area contributed by atoms with Gasteiger partial charge in [0.2, 0.25) is 0 Å². The molecule has 2 amide bonds. The number of nitriles is 1. The van der Waals surface area contributed by atoms with E-state index in [0.29, 0.717) is 21.9 Å². The third-order valence-corrected chi connectivity index (χ3v) is 4.96. The monoisotopic (exact) mass is 341 g/mol. The molecule has 1 aromatic carbocycles. The number of fused-ring (bicyclic) bond motifs is 1. The molecule has 7 heteroatoms. The number of amides is 2. The first-order valence-electron chi connectivity index (χ1n) is 7.45. The summed E-state index contributed by atoms with van der Waals surface area (Å²) in [6.07, 6.45) is 2.74. The summed E-state index contributed by atoms with van der Waals surface area (Å²) in [5.41, 5.74) is 7.30. The molecule has 3 rings (SSSR count).